The van der Waals surface area contributed by atoms with Gasteiger partial charge in [0.25, 0.3) is 0 Å². The highest BCUT2D eigenvalue weighted by Gasteiger charge is 2.62. The first kappa shape index (κ1) is 11.3. The van der Waals surface area contributed by atoms with Crippen molar-refractivity contribution in [2.24, 2.45) is 5.41 Å². The maximum Gasteiger partial charge on any atom is 0.142 e. The van der Waals surface area contributed by atoms with Crippen molar-refractivity contribution in [3.8, 4) is 0 Å². The molecule has 0 bridgehead atoms. The lowest BCUT2D eigenvalue weighted by molar-refractivity contribution is -0.161. The minimum Gasteiger partial charge on any atom is -0.390 e. The Balaban J connectivity index is 2.44. The van der Waals surface area contributed by atoms with Crippen molar-refractivity contribution in [1.82, 2.24) is 0 Å². The van der Waals surface area contributed by atoms with Gasteiger partial charge in [-0.15, -0.1) is 0 Å². The molecule has 3 atom stereocenters. The van der Waals surface area contributed by atoms with Gasteiger partial charge in [-0.3, -0.25) is 4.79 Å². The fourth-order valence-corrected chi connectivity index (χ4v) is 3.26. The monoisotopic (exact) mass is 274 g/mol. The molecule has 15 heavy (non-hydrogen) atoms. The van der Waals surface area contributed by atoms with Crippen LogP contribution in [0, 0.1) is 5.41 Å². The van der Waals surface area contributed by atoms with Crippen LogP contribution in [0.15, 0.2) is 10.6 Å². The molecular weight excluding hydrogens is 260 g/mol. The van der Waals surface area contributed by atoms with Crippen LogP contribution in [-0.2, 0) is 4.79 Å². The van der Waals surface area contributed by atoms with Gasteiger partial charge in [-0.25, -0.2) is 0 Å². The third-order valence-corrected chi connectivity index (χ3v) is 4.69. The predicted molar refractivity (Wildman–Crippen MR) is 59.5 cm³/mol. The SMILES string of the molecule is C[C@]12C/C(=C\Br)C[C@H](O)[C@@]1(O)CCC2=O. The average Bonchev–Trinajstić information content (AvgIpc) is 2.43. The third kappa shape index (κ3) is 1.35. The fourth-order valence-electron chi connectivity index (χ4n) is 2.91. The van der Waals surface area contributed by atoms with Crippen molar-refractivity contribution < 1.29 is 15.0 Å². The van der Waals surface area contributed by atoms with Crippen LogP contribution in [0.3, 0.4) is 0 Å². The molecule has 2 rings (SSSR count). The summed E-state index contributed by atoms with van der Waals surface area (Å²) in [6.07, 6.45) is 0.931. The van der Waals surface area contributed by atoms with E-state index in [2.05, 4.69) is 15.9 Å². The zero-order valence-corrected chi connectivity index (χ0v) is 10.2. The number of hydrogen-bond donors (Lipinski definition) is 2. The van der Waals surface area contributed by atoms with E-state index in [1.165, 1.54) is 0 Å². The van der Waals surface area contributed by atoms with Crippen LogP contribution in [0.4, 0.5) is 0 Å². The van der Waals surface area contributed by atoms with E-state index in [1.54, 1.807) is 11.9 Å². The molecule has 2 aliphatic carbocycles. The molecule has 4 heteroatoms. The summed E-state index contributed by atoms with van der Waals surface area (Å²) in [6.45, 7) is 1.77. The maximum atomic E-state index is 11.8. The molecule has 0 aromatic carbocycles. The van der Waals surface area contributed by atoms with E-state index < -0.39 is 17.1 Å². The molecule has 0 amide bonds. The highest BCUT2D eigenvalue weighted by atomic mass is 79.9. The summed E-state index contributed by atoms with van der Waals surface area (Å²) in [7, 11) is 0. The first-order chi connectivity index (χ1) is 6.94. The standard InChI is InChI=1S/C11H15BrO3/c1-10-5-7(6-12)4-9(14)11(10,15)3-2-8(10)13/h6,9,14-15H,2-5H2,1H3/b7-6-/t9-,10+,11-/m0/s1. The van der Waals surface area contributed by atoms with E-state index in [4.69, 9.17) is 0 Å². The van der Waals surface area contributed by atoms with Gasteiger partial charge in [0.1, 0.15) is 11.4 Å². The van der Waals surface area contributed by atoms with E-state index in [9.17, 15) is 15.0 Å². The van der Waals surface area contributed by atoms with Gasteiger partial charge in [-0.05, 0) is 31.2 Å². The normalized spacial score (nSPS) is 48.4. The van der Waals surface area contributed by atoms with Crippen molar-refractivity contribution >= 4 is 21.7 Å². The number of aliphatic hydroxyl groups is 2. The summed E-state index contributed by atoms with van der Waals surface area (Å²) < 4.78 is 0. The molecule has 0 aromatic heterocycles. The third-order valence-electron chi connectivity index (χ3n) is 4.05. The number of hydrogen-bond acceptors (Lipinski definition) is 3. The lowest BCUT2D eigenvalue weighted by atomic mass is 9.63. The van der Waals surface area contributed by atoms with Crippen LogP contribution in [0.5, 0.6) is 0 Å². The van der Waals surface area contributed by atoms with Crippen molar-refractivity contribution in [3.63, 3.8) is 0 Å². The average molecular weight is 275 g/mol. The van der Waals surface area contributed by atoms with Crippen LogP contribution >= 0.6 is 15.9 Å². The molecule has 2 aliphatic rings. The summed E-state index contributed by atoms with van der Waals surface area (Å²) in [4.78, 5) is 13.6. The summed E-state index contributed by atoms with van der Waals surface area (Å²) in [6, 6.07) is 0. The molecule has 0 heterocycles. The second kappa shape index (κ2) is 3.40. The quantitative estimate of drug-likeness (QED) is 0.704. The minimum absolute atomic E-state index is 0.0654. The van der Waals surface area contributed by atoms with Gasteiger partial charge in [0.15, 0.2) is 0 Å². The fraction of sp³-hybridized carbons (Fsp3) is 0.727. The van der Waals surface area contributed by atoms with Crippen LogP contribution in [0.1, 0.15) is 32.6 Å². The number of aliphatic hydroxyl groups excluding tert-OH is 1. The van der Waals surface area contributed by atoms with Crippen LogP contribution in [-0.4, -0.2) is 27.7 Å². The highest BCUT2D eigenvalue weighted by Crippen LogP contribution is 2.54. The van der Waals surface area contributed by atoms with Crippen molar-refractivity contribution in [2.45, 2.75) is 44.3 Å². The van der Waals surface area contributed by atoms with Gasteiger partial charge in [-0.1, -0.05) is 21.5 Å². The smallest absolute Gasteiger partial charge is 0.142 e. The van der Waals surface area contributed by atoms with E-state index in [1.807, 2.05) is 0 Å². The zero-order valence-electron chi connectivity index (χ0n) is 8.66. The largest absolute Gasteiger partial charge is 0.390 e. The molecule has 0 unspecified atom stereocenters. The molecule has 0 aliphatic heterocycles. The Morgan fingerprint density at radius 2 is 2.27 bits per heavy atom. The molecular formula is C11H15BrO3. The molecule has 3 nitrogen and oxygen atoms in total. The van der Waals surface area contributed by atoms with Gasteiger partial charge < -0.3 is 10.2 Å². The molecule has 0 saturated heterocycles. The summed E-state index contributed by atoms with van der Waals surface area (Å²) in [5.41, 5.74) is -1.03. The topological polar surface area (TPSA) is 57.5 Å². The van der Waals surface area contributed by atoms with Crippen LogP contribution in [0.25, 0.3) is 0 Å². The number of rotatable bonds is 0. The van der Waals surface area contributed by atoms with Crippen LogP contribution in [0.2, 0.25) is 0 Å². The van der Waals surface area contributed by atoms with E-state index >= 15 is 0 Å². The first-order valence-corrected chi connectivity index (χ1v) is 6.07. The Kier molecular flexibility index (Phi) is 2.56. The molecule has 0 aromatic rings. The van der Waals surface area contributed by atoms with Gasteiger partial charge in [-0.2, -0.15) is 0 Å². The first-order valence-electron chi connectivity index (χ1n) is 5.16. The number of fused-ring (bicyclic) bond motifs is 1. The molecule has 2 fully saturated rings. The molecule has 0 radical (unpaired) electrons. The van der Waals surface area contributed by atoms with Crippen LogP contribution < -0.4 is 0 Å². The number of ketones is 1. The highest BCUT2D eigenvalue weighted by molar-refractivity contribution is 9.11. The summed E-state index contributed by atoms with van der Waals surface area (Å²) in [5.74, 6) is 0.0654. The van der Waals surface area contributed by atoms with Gasteiger partial charge in [0.05, 0.1) is 11.5 Å². The molecule has 2 saturated carbocycles. The molecule has 84 valence electrons. The summed E-state index contributed by atoms with van der Waals surface area (Å²) >= 11 is 3.23. The second-order valence-electron chi connectivity index (χ2n) is 4.84. The van der Waals surface area contributed by atoms with Gasteiger partial charge in [0.2, 0.25) is 0 Å². The Morgan fingerprint density at radius 1 is 1.60 bits per heavy atom. The Hall–Kier alpha value is -0.190. The van der Waals surface area contributed by atoms with E-state index in [-0.39, 0.29) is 5.78 Å². The number of carbonyl (C=O) groups is 1. The number of carbonyl (C=O) groups excluding carboxylic acids is 1. The lowest BCUT2D eigenvalue weighted by Gasteiger charge is -2.46. The van der Waals surface area contributed by atoms with E-state index in [0.29, 0.717) is 25.7 Å². The second-order valence-corrected chi connectivity index (χ2v) is 5.30. The number of Topliss-reactive ketones (excluding diaryl/α,β-unsaturated/α-hetero) is 1. The van der Waals surface area contributed by atoms with Gasteiger partial charge in [0, 0.05) is 6.42 Å². The Morgan fingerprint density at radius 3 is 2.87 bits per heavy atom. The Bertz CT molecular complexity index is 339. The molecule has 0 spiro atoms. The number of halogens is 1. The summed E-state index contributed by atoms with van der Waals surface area (Å²) in [5, 5.41) is 20.4. The lowest BCUT2D eigenvalue weighted by Crippen LogP contribution is -2.56. The van der Waals surface area contributed by atoms with Crippen molar-refractivity contribution in [1.29, 1.82) is 0 Å². The zero-order chi connectivity index (χ0) is 11.3. The maximum absolute atomic E-state index is 11.8. The van der Waals surface area contributed by atoms with Crippen molar-refractivity contribution in [2.75, 3.05) is 0 Å². The Labute approximate surface area is 97.3 Å². The minimum atomic E-state index is -1.22. The molecule has 2 N–H and O–H groups in total. The van der Waals surface area contributed by atoms with Crippen molar-refractivity contribution in [3.05, 3.63) is 10.6 Å². The predicted octanol–water partition coefficient (Wildman–Crippen LogP) is 1.52. The van der Waals surface area contributed by atoms with Gasteiger partial charge >= 0.3 is 0 Å². The van der Waals surface area contributed by atoms with E-state index in [0.717, 1.165) is 5.57 Å².